The number of anilines is 1. The summed E-state index contributed by atoms with van der Waals surface area (Å²) in [6.45, 7) is 4.86. The number of aromatic nitrogens is 2. The first-order valence-corrected chi connectivity index (χ1v) is 5.87. The van der Waals surface area contributed by atoms with E-state index in [2.05, 4.69) is 15.3 Å². The fourth-order valence-corrected chi connectivity index (χ4v) is 1.50. The molecule has 0 aliphatic rings. The van der Waals surface area contributed by atoms with Gasteiger partial charge in [0.1, 0.15) is 5.82 Å². The van der Waals surface area contributed by atoms with E-state index in [0.29, 0.717) is 0 Å². The number of hydrogen-bond donors (Lipinski definition) is 1. The van der Waals surface area contributed by atoms with Crippen molar-refractivity contribution < 1.29 is 0 Å². The molecule has 1 rings (SSSR count). The molecule has 0 aliphatic heterocycles. The van der Waals surface area contributed by atoms with Crippen LogP contribution in [0.4, 0.5) is 5.82 Å². The van der Waals surface area contributed by atoms with Crippen molar-refractivity contribution in [3.63, 3.8) is 0 Å². The number of unbranched alkanes of at least 4 members (excludes halogenated alkanes) is 2. The zero-order chi connectivity index (χ0) is 11.1. The Hall–Kier alpha value is -0.830. The van der Waals surface area contributed by atoms with E-state index < -0.39 is 0 Å². The molecule has 0 aromatic carbocycles. The third kappa shape index (κ3) is 4.47. The fraction of sp³-hybridized carbons (Fsp3) is 0.636. The van der Waals surface area contributed by atoms with E-state index in [-0.39, 0.29) is 0 Å². The van der Waals surface area contributed by atoms with Crippen LogP contribution < -0.4 is 5.32 Å². The summed E-state index contributed by atoms with van der Waals surface area (Å²) in [4.78, 5) is 8.64. The van der Waals surface area contributed by atoms with E-state index in [9.17, 15) is 0 Å². The third-order valence-electron chi connectivity index (χ3n) is 2.18. The Bertz CT molecular complexity index is 302. The number of halogens is 1. The third-order valence-corrected chi connectivity index (χ3v) is 2.45. The summed E-state index contributed by atoms with van der Waals surface area (Å²) in [6.07, 6.45) is 5.16. The molecule has 0 atom stereocenters. The van der Waals surface area contributed by atoms with Crippen molar-refractivity contribution >= 4 is 17.4 Å². The Morgan fingerprint density at radius 2 is 2.07 bits per heavy atom. The Labute approximate surface area is 96.3 Å². The van der Waals surface area contributed by atoms with Crippen molar-refractivity contribution in [2.75, 3.05) is 17.7 Å². The maximum atomic E-state index is 5.60. The molecular formula is C11H18ClN3. The van der Waals surface area contributed by atoms with Crippen LogP contribution in [0.3, 0.4) is 0 Å². The van der Waals surface area contributed by atoms with Gasteiger partial charge in [-0.1, -0.05) is 6.42 Å². The molecule has 1 aromatic rings. The van der Waals surface area contributed by atoms with Crippen molar-refractivity contribution in [2.24, 2.45) is 0 Å². The second kappa shape index (κ2) is 6.62. The van der Waals surface area contributed by atoms with Gasteiger partial charge in [0.15, 0.2) is 0 Å². The highest BCUT2D eigenvalue weighted by Crippen LogP contribution is 2.08. The largest absolute Gasteiger partial charge is 0.369 e. The molecular weight excluding hydrogens is 210 g/mol. The Morgan fingerprint density at radius 3 is 2.80 bits per heavy atom. The van der Waals surface area contributed by atoms with Gasteiger partial charge in [0.2, 0.25) is 0 Å². The van der Waals surface area contributed by atoms with Crippen LogP contribution in [-0.2, 0) is 0 Å². The maximum absolute atomic E-state index is 5.60. The van der Waals surface area contributed by atoms with Gasteiger partial charge in [0, 0.05) is 18.6 Å². The topological polar surface area (TPSA) is 37.8 Å². The number of nitrogens with zero attached hydrogens (tertiary/aromatic N) is 2. The van der Waals surface area contributed by atoms with Crippen LogP contribution in [0.25, 0.3) is 0 Å². The van der Waals surface area contributed by atoms with E-state index in [4.69, 9.17) is 11.6 Å². The molecule has 1 N–H and O–H groups in total. The average molecular weight is 228 g/mol. The van der Waals surface area contributed by atoms with E-state index in [0.717, 1.165) is 48.9 Å². The summed E-state index contributed by atoms with van der Waals surface area (Å²) >= 11 is 5.60. The van der Waals surface area contributed by atoms with Gasteiger partial charge in [-0.05, 0) is 26.7 Å². The van der Waals surface area contributed by atoms with Crippen molar-refractivity contribution in [3.05, 3.63) is 17.6 Å². The highest BCUT2D eigenvalue weighted by Gasteiger charge is 2.00. The van der Waals surface area contributed by atoms with Gasteiger partial charge in [-0.25, -0.2) is 4.98 Å². The summed E-state index contributed by atoms with van der Waals surface area (Å²) in [5.74, 6) is 1.66. The van der Waals surface area contributed by atoms with Gasteiger partial charge < -0.3 is 5.32 Å². The minimum Gasteiger partial charge on any atom is -0.369 e. The molecule has 84 valence electrons. The highest BCUT2D eigenvalue weighted by molar-refractivity contribution is 6.17. The maximum Gasteiger partial charge on any atom is 0.147 e. The zero-order valence-electron chi connectivity index (χ0n) is 9.39. The first kappa shape index (κ1) is 12.2. The monoisotopic (exact) mass is 227 g/mol. The second-order valence-corrected chi connectivity index (χ2v) is 4.00. The van der Waals surface area contributed by atoms with Crippen LogP contribution in [-0.4, -0.2) is 22.4 Å². The Morgan fingerprint density at radius 1 is 1.27 bits per heavy atom. The summed E-state index contributed by atoms with van der Waals surface area (Å²) < 4.78 is 0. The molecule has 0 amide bonds. The minimum atomic E-state index is 0.753. The van der Waals surface area contributed by atoms with Crippen molar-refractivity contribution in [3.8, 4) is 0 Å². The van der Waals surface area contributed by atoms with Crippen molar-refractivity contribution in [1.82, 2.24) is 9.97 Å². The summed E-state index contributed by atoms with van der Waals surface area (Å²) in [5.41, 5.74) is 1.90. The first-order valence-electron chi connectivity index (χ1n) is 5.34. The molecule has 0 unspecified atom stereocenters. The molecule has 0 aliphatic carbocycles. The van der Waals surface area contributed by atoms with Gasteiger partial charge in [-0.3, -0.25) is 4.98 Å². The molecule has 15 heavy (non-hydrogen) atoms. The fourth-order valence-electron chi connectivity index (χ4n) is 1.31. The number of rotatable bonds is 6. The zero-order valence-corrected chi connectivity index (χ0v) is 10.1. The van der Waals surface area contributed by atoms with Gasteiger partial charge >= 0.3 is 0 Å². The Kier molecular flexibility index (Phi) is 5.40. The minimum absolute atomic E-state index is 0.753. The normalized spacial score (nSPS) is 10.3. The molecule has 4 heteroatoms. The van der Waals surface area contributed by atoms with Crippen LogP contribution in [0.1, 0.15) is 30.7 Å². The van der Waals surface area contributed by atoms with Gasteiger partial charge in [0.05, 0.1) is 11.4 Å². The molecule has 0 saturated heterocycles. The van der Waals surface area contributed by atoms with Gasteiger partial charge in [-0.15, -0.1) is 11.6 Å². The molecule has 0 bridgehead atoms. The van der Waals surface area contributed by atoms with Crippen molar-refractivity contribution in [2.45, 2.75) is 33.1 Å². The van der Waals surface area contributed by atoms with E-state index in [1.165, 1.54) is 0 Å². The molecule has 0 spiro atoms. The lowest BCUT2D eigenvalue weighted by molar-refractivity contribution is 0.744. The lowest BCUT2D eigenvalue weighted by Gasteiger charge is -2.07. The average Bonchev–Trinajstić information content (AvgIpc) is 2.23. The second-order valence-electron chi connectivity index (χ2n) is 3.62. The van der Waals surface area contributed by atoms with Gasteiger partial charge in [0.25, 0.3) is 0 Å². The van der Waals surface area contributed by atoms with Crippen LogP contribution in [0.5, 0.6) is 0 Å². The smallest absolute Gasteiger partial charge is 0.147 e. The van der Waals surface area contributed by atoms with Crippen LogP contribution in [0, 0.1) is 13.8 Å². The number of nitrogens with one attached hydrogen (secondary N) is 1. The predicted octanol–water partition coefficient (Wildman–Crippen LogP) is 2.91. The van der Waals surface area contributed by atoms with Crippen LogP contribution in [0.15, 0.2) is 6.20 Å². The molecule has 1 aromatic heterocycles. The molecule has 1 heterocycles. The summed E-state index contributed by atoms with van der Waals surface area (Å²) in [6, 6.07) is 0. The highest BCUT2D eigenvalue weighted by atomic mass is 35.5. The Balaban J connectivity index is 2.33. The van der Waals surface area contributed by atoms with Crippen LogP contribution in [0.2, 0.25) is 0 Å². The quantitative estimate of drug-likeness (QED) is 0.600. The SMILES string of the molecule is Cc1cnc(C)c(NCCCCCCl)n1. The molecule has 3 nitrogen and oxygen atoms in total. The van der Waals surface area contributed by atoms with Gasteiger partial charge in [-0.2, -0.15) is 0 Å². The lowest BCUT2D eigenvalue weighted by Crippen LogP contribution is -2.06. The molecule has 0 saturated carbocycles. The predicted molar refractivity (Wildman–Crippen MR) is 64.6 cm³/mol. The van der Waals surface area contributed by atoms with Crippen LogP contribution >= 0.6 is 11.6 Å². The standard InChI is InChI=1S/C11H18ClN3/c1-9-8-14-10(2)11(15-9)13-7-5-3-4-6-12/h8H,3-7H2,1-2H3,(H,13,15). The lowest BCUT2D eigenvalue weighted by atomic mass is 10.2. The van der Waals surface area contributed by atoms with E-state index in [1.807, 2.05) is 13.8 Å². The van der Waals surface area contributed by atoms with Crippen molar-refractivity contribution in [1.29, 1.82) is 0 Å². The molecule has 0 radical (unpaired) electrons. The number of aryl methyl sites for hydroxylation is 2. The van der Waals surface area contributed by atoms with E-state index >= 15 is 0 Å². The van der Waals surface area contributed by atoms with E-state index in [1.54, 1.807) is 6.20 Å². The summed E-state index contributed by atoms with van der Waals surface area (Å²) in [7, 11) is 0. The first-order chi connectivity index (χ1) is 7.24. The summed E-state index contributed by atoms with van der Waals surface area (Å²) in [5, 5.41) is 3.30. The number of alkyl halides is 1. The number of hydrogen-bond acceptors (Lipinski definition) is 3. The molecule has 0 fully saturated rings.